The number of alkyl halides is 1. The van der Waals surface area contributed by atoms with Gasteiger partial charge in [-0.05, 0) is 18.4 Å². The Morgan fingerprint density at radius 2 is 2.17 bits per heavy atom. The molecule has 5 heteroatoms. The zero-order valence-electron chi connectivity index (χ0n) is 10.4. The minimum atomic E-state index is -2.01. The molecule has 18 heavy (non-hydrogen) atoms. The summed E-state index contributed by atoms with van der Waals surface area (Å²) in [5.41, 5.74) is 5.00. The van der Waals surface area contributed by atoms with Crippen molar-refractivity contribution in [1.29, 1.82) is 0 Å². The molecule has 0 spiro atoms. The minimum absolute atomic E-state index is 0.105. The van der Waals surface area contributed by atoms with Crippen LogP contribution in [0.15, 0.2) is 23.7 Å². The van der Waals surface area contributed by atoms with Crippen molar-refractivity contribution >= 4 is 5.91 Å². The van der Waals surface area contributed by atoms with Gasteiger partial charge < -0.3 is 11.1 Å². The number of amides is 1. The molecule has 3 N–H and O–H groups in total. The molecule has 100 valence electrons. The molecule has 0 aromatic rings. The molecule has 3 atom stereocenters. The van der Waals surface area contributed by atoms with Crippen molar-refractivity contribution < 1.29 is 13.6 Å². The monoisotopic (exact) mass is 256 g/mol. The number of hydrogen-bond acceptors (Lipinski definition) is 2. The molecule has 1 fully saturated rings. The summed E-state index contributed by atoms with van der Waals surface area (Å²) in [6, 6.07) is 0. The summed E-state index contributed by atoms with van der Waals surface area (Å²) in [6.45, 7) is 1.96. The van der Waals surface area contributed by atoms with Crippen LogP contribution in [0.2, 0.25) is 0 Å². The van der Waals surface area contributed by atoms with Crippen molar-refractivity contribution in [3.05, 3.63) is 23.7 Å². The normalized spacial score (nSPS) is 36.4. The number of carbonyl (C=O) groups excluding carboxylic acids is 1. The van der Waals surface area contributed by atoms with Gasteiger partial charge >= 0.3 is 0 Å². The summed E-state index contributed by atoms with van der Waals surface area (Å²) in [4.78, 5) is 11.1. The highest BCUT2D eigenvalue weighted by atomic mass is 19.2. The Hall–Kier alpha value is -1.39. The van der Waals surface area contributed by atoms with Crippen LogP contribution >= 0.6 is 0 Å². The minimum Gasteiger partial charge on any atom is -0.366 e. The van der Waals surface area contributed by atoms with Crippen LogP contribution in [-0.4, -0.2) is 11.7 Å². The van der Waals surface area contributed by atoms with Gasteiger partial charge in [0.05, 0.1) is 0 Å². The van der Waals surface area contributed by atoms with E-state index in [0.717, 1.165) is 31.4 Å². The van der Waals surface area contributed by atoms with E-state index in [9.17, 15) is 13.6 Å². The van der Waals surface area contributed by atoms with Crippen LogP contribution in [-0.2, 0) is 4.79 Å². The Kier molecular flexibility index (Phi) is 3.41. The molecular weight excluding hydrogens is 238 g/mol. The summed E-state index contributed by atoms with van der Waals surface area (Å²) in [5, 5.41) is 2.22. The first-order chi connectivity index (χ1) is 8.42. The van der Waals surface area contributed by atoms with Crippen LogP contribution in [0, 0.1) is 11.8 Å². The summed E-state index contributed by atoms with van der Waals surface area (Å²) in [5.74, 6) is -3.85. The molecule has 1 amide bonds. The molecule has 1 aliphatic heterocycles. The van der Waals surface area contributed by atoms with Gasteiger partial charge in [0, 0.05) is 17.6 Å². The third-order valence-electron chi connectivity index (χ3n) is 3.89. The molecule has 1 saturated carbocycles. The van der Waals surface area contributed by atoms with Crippen LogP contribution in [0.3, 0.4) is 0 Å². The van der Waals surface area contributed by atoms with Crippen LogP contribution in [0.5, 0.6) is 0 Å². The Morgan fingerprint density at radius 3 is 2.78 bits per heavy atom. The van der Waals surface area contributed by atoms with Gasteiger partial charge in [0.15, 0.2) is 5.95 Å². The summed E-state index contributed by atoms with van der Waals surface area (Å²) in [6.07, 6.45) is 5.66. The van der Waals surface area contributed by atoms with Gasteiger partial charge in [-0.15, -0.1) is 0 Å². The molecular formula is C13H18F2N2O. The van der Waals surface area contributed by atoms with Crippen molar-refractivity contribution in [3.63, 3.8) is 0 Å². The Labute approximate surface area is 105 Å². The average molecular weight is 256 g/mol. The lowest BCUT2D eigenvalue weighted by atomic mass is 9.74. The highest BCUT2D eigenvalue weighted by molar-refractivity contribution is 5.95. The molecule has 0 aromatic heterocycles. The molecule has 2 aliphatic rings. The summed E-state index contributed by atoms with van der Waals surface area (Å²) >= 11 is 0. The fourth-order valence-corrected chi connectivity index (χ4v) is 2.94. The Morgan fingerprint density at radius 1 is 1.50 bits per heavy atom. The van der Waals surface area contributed by atoms with Gasteiger partial charge in [-0.2, -0.15) is 4.39 Å². The van der Waals surface area contributed by atoms with E-state index < -0.39 is 17.7 Å². The lowest BCUT2D eigenvalue weighted by Gasteiger charge is -2.40. The molecule has 0 saturated heterocycles. The van der Waals surface area contributed by atoms with E-state index in [1.807, 2.05) is 6.92 Å². The second kappa shape index (κ2) is 4.71. The number of primary amides is 1. The van der Waals surface area contributed by atoms with Gasteiger partial charge in [0.2, 0.25) is 11.7 Å². The Bertz CT molecular complexity index is 419. The van der Waals surface area contributed by atoms with Gasteiger partial charge in [0.25, 0.3) is 0 Å². The molecule has 0 bridgehead atoms. The van der Waals surface area contributed by atoms with Crippen LogP contribution in [0.1, 0.15) is 32.6 Å². The zero-order chi connectivity index (χ0) is 13.3. The van der Waals surface area contributed by atoms with E-state index in [1.54, 1.807) is 0 Å². The van der Waals surface area contributed by atoms with Gasteiger partial charge in [-0.25, -0.2) is 4.39 Å². The average Bonchev–Trinajstić information content (AvgIpc) is 2.28. The zero-order valence-corrected chi connectivity index (χ0v) is 10.4. The third kappa shape index (κ3) is 2.40. The highest BCUT2D eigenvalue weighted by Crippen LogP contribution is 2.41. The topological polar surface area (TPSA) is 55.1 Å². The predicted octanol–water partition coefficient (Wildman–Crippen LogP) is 2.30. The first kappa shape index (κ1) is 13.1. The second-order valence-corrected chi connectivity index (χ2v) is 5.22. The number of rotatable bonds is 2. The van der Waals surface area contributed by atoms with Crippen molar-refractivity contribution in [2.45, 2.75) is 38.4 Å². The molecule has 1 heterocycles. The van der Waals surface area contributed by atoms with E-state index in [1.165, 1.54) is 0 Å². The van der Waals surface area contributed by atoms with E-state index in [2.05, 4.69) is 5.32 Å². The van der Waals surface area contributed by atoms with Gasteiger partial charge in [0.1, 0.15) is 0 Å². The van der Waals surface area contributed by atoms with Crippen LogP contribution in [0.25, 0.3) is 0 Å². The number of nitrogens with two attached hydrogens (primary N) is 1. The lowest BCUT2D eigenvalue weighted by molar-refractivity contribution is -0.114. The van der Waals surface area contributed by atoms with Crippen molar-refractivity contribution in [2.24, 2.45) is 17.6 Å². The predicted molar refractivity (Wildman–Crippen MR) is 64.6 cm³/mol. The summed E-state index contributed by atoms with van der Waals surface area (Å²) < 4.78 is 28.3. The number of halogens is 2. The molecule has 2 rings (SSSR count). The van der Waals surface area contributed by atoms with Crippen LogP contribution in [0.4, 0.5) is 8.78 Å². The summed E-state index contributed by atoms with van der Waals surface area (Å²) in [7, 11) is 0. The number of hydrogen-bond donors (Lipinski definition) is 2. The van der Waals surface area contributed by atoms with Crippen LogP contribution < -0.4 is 11.1 Å². The Balaban J connectivity index is 2.30. The number of carbonyl (C=O) groups is 1. The first-order valence-electron chi connectivity index (χ1n) is 6.29. The fraction of sp³-hybridized carbons (Fsp3) is 0.615. The molecule has 3 nitrogen and oxygen atoms in total. The third-order valence-corrected chi connectivity index (χ3v) is 3.89. The van der Waals surface area contributed by atoms with E-state index in [-0.39, 0.29) is 17.4 Å². The highest BCUT2D eigenvalue weighted by Gasteiger charge is 2.44. The molecule has 1 aliphatic carbocycles. The lowest BCUT2D eigenvalue weighted by Crippen LogP contribution is -2.50. The molecule has 0 aromatic carbocycles. The van der Waals surface area contributed by atoms with E-state index >= 15 is 0 Å². The maximum atomic E-state index is 14.9. The van der Waals surface area contributed by atoms with Crippen molar-refractivity contribution in [2.75, 3.05) is 0 Å². The first-order valence-corrected chi connectivity index (χ1v) is 6.29. The standard InChI is InChI=1S/C13H18F2N2O/c1-8-4-2-3-5-10(8)13(15)7-9(12(16)18)6-11(14)17-13/h6-8,10,17H,2-5H2,1H3,(H2,16,18). The smallest absolute Gasteiger partial charge is 0.248 e. The molecule has 0 radical (unpaired) electrons. The largest absolute Gasteiger partial charge is 0.366 e. The van der Waals surface area contributed by atoms with Gasteiger partial charge in [-0.1, -0.05) is 26.2 Å². The second-order valence-electron chi connectivity index (χ2n) is 5.22. The van der Waals surface area contributed by atoms with E-state index in [4.69, 9.17) is 5.73 Å². The number of dihydropyridines is 1. The quantitative estimate of drug-likeness (QED) is 0.745. The maximum Gasteiger partial charge on any atom is 0.248 e. The fourth-order valence-electron chi connectivity index (χ4n) is 2.94. The van der Waals surface area contributed by atoms with Gasteiger partial charge in [-0.3, -0.25) is 4.79 Å². The maximum absolute atomic E-state index is 14.9. The van der Waals surface area contributed by atoms with Crippen molar-refractivity contribution in [1.82, 2.24) is 5.32 Å². The molecule has 3 unspecified atom stereocenters. The van der Waals surface area contributed by atoms with E-state index in [0.29, 0.717) is 6.42 Å². The SMILES string of the molecule is CC1CCCCC1C1(F)C=C(C(N)=O)C=C(F)N1. The van der Waals surface area contributed by atoms with Crippen molar-refractivity contribution in [3.8, 4) is 0 Å². The number of nitrogens with one attached hydrogen (secondary N) is 1.